The number of thiol groups is 1. The Labute approximate surface area is 114 Å². The SMILES string of the molecule is CC(C)=CCC/C(C)=C/C(=O)N[C@@H](CS)C(=O)O. The lowest BCUT2D eigenvalue weighted by molar-refractivity contribution is -0.140. The maximum Gasteiger partial charge on any atom is 0.327 e. The minimum Gasteiger partial charge on any atom is -0.480 e. The van der Waals surface area contributed by atoms with Crippen molar-refractivity contribution in [2.45, 2.75) is 39.7 Å². The molecule has 0 heterocycles. The van der Waals surface area contributed by atoms with Gasteiger partial charge in [0.2, 0.25) is 5.91 Å². The molecule has 0 saturated heterocycles. The molecule has 0 aliphatic heterocycles. The fraction of sp³-hybridized carbons (Fsp3) is 0.538. The lowest BCUT2D eigenvalue weighted by Gasteiger charge is -2.10. The van der Waals surface area contributed by atoms with Crippen LogP contribution in [0.25, 0.3) is 0 Å². The molecule has 0 aromatic heterocycles. The number of rotatable bonds is 7. The highest BCUT2D eigenvalue weighted by atomic mass is 32.1. The first-order valence-corrected chi connectivity index (χ1v) is 6.44. The monoisotopic (exact) mass is 271 g/mol. The Hall–Kier alpha value is -1.23. The van der Waals surface area contributed by atoms with Crippen LogP contribution in [-0.2, 0) is 9.59 Å². The molecular formula is C13H21NO3S. The van der Waals surface area contributed by atoms with E-state index in [4.69, 9.17) is 5.11 Å². The van der Waals surface area contributed by atoms with Crippen molar-refractivity contribution in [1.29, 1.82) is 0 Å². The van der Waals surface area contributed by atoms with Crippen molar-refractivity contribution in [2.24, 2.45) is 0 Å². The van der Waals surface area contributed by atoms with Crippen molar-refractivity contribution in [1.82, 2.24) is 5.32 Å². The molecule has 1 amide bonds. The predicted octanol–water partition coefficient (Wildman–Crippen LogP) is 2.18. The van der Waals surface area contributed by atoms with E-state index in [0.29, 0.717) is 0 Å². The van der Waals surface area contributed by atoms with E-state index < -0.39 is 12.0 Å². The number of nitrogens with one attached hydrogen (secondary N) is 1. The summed E-state index contributed by atoms with van der Waals surface area (Å²) in [6.07, 6.45) is 5.21. The van der Waals surface area contributed by atoms with Crippen LogP contribution in [-0.4, -0.2) is 28.8 Å². The Kier molecular flexibility index (Phi) is 8.20. The van der Waals surface area contributed by atoms with Gasteiger partial charge in [-0.25, -0.2) is 4.79 Å². The minimum absolute atomic E-state index is 0.0751. The van der Waals surface area contributed by atoms with E-state index in [0.717, 1.165) is 18.4 Å². The van der Waals surface area contributed by atoms with E-state index in [-0.39, 0.29) is 11.7 Å². The second-order valence-corrected chi connectivity index (χ2v) is 4.76. The summed E-state index contributed by atoms with van der Waals surface area (Å²) in [5.74, 6) is -1.38. The Morgan fingerprint density at radius 1 is 1.33 bits per heavy atom. The van der Waals surface area contributed by atoms with Crippen molar-refractivity contribution >= 4 is 24.5 Å². The molecule has 0 spiro atoms. The molecule has 2 N–H and O–H groups in total. The molecule has 0 fully saturated rings. The van der Waals surface area contributed by atoms with Crippen LogP contribution in [0.5, 0.6) is 0 Å². The molecule has 0 rings (SSSR count). The summed E-state index contributed by atoms with van der Waals surface area (Å²) in [5, 5.41) is 11.2. The highest BCUT2D eigenvalue weighted by molar-refractivity contribution is 7.80. The van der Waals surface area contributed by atoms with E-state index in [2.05, 4.69) is 24.0 Å². The molecule has 0 bridgehead atoms. The molecule has 0 radical (unpaired) electrons. The molecule has 0 aromatic rings. The van der Waals surface area contributed by atoms with Crippen LogP contribution >= 0.6 is 12.6 Å². The predicted molar refractivity (Wildman–Crippen MR) is 75.8 cm³/mol. The van der Waals surface area contributed by atoms with Crippen LogP contribution in [0, 0.1) is 0 Å². The van der Waals surface area contributed by atoms with Gasteiger partial charge in [-0.3, -0.25) is 4.79 Å². The third-order valence-electron chi connectivity index (χ3n) is 2.27. The summed E-state index contributed by atoms with van der Waals surface area (Å²) in [5.41, 5.74) is 2.17. The Morgan fingerprint density at radius 2 is 1.94 bits per heavy atom. The van der Waals surface area contributed by atoms with Gasteiger partial charge in [0, 0.05) is 11.8 Å². The molecule has 18 heavy (non-hydrogen) atoms. The van der Waals surface area contributed by atoms with Gasteiger partial charge in [-0.1, -0.05) is 17.2 Å². The van der Waals surface area contributed by atoms with Crippen LogP contribution in [0.2, 0.25) is 0 Å². The van der Waals surface area contributed by atoms with Crippen LogP contribution in [0.4, 0.5) is 0 Å². The summed E-state index contributed by atoms with van der Waals surface area (Å²) >= 11 is 3.88. The molecule has 0 aliphatic carbocycles. The zero-order chi connectivity index (χ0) is 14.1. The second-order valence-electron chi connectivity index (χ2n) is 4.39. The topological polar surface area (TPSA) is 66.4 Å². The fourth-order valence-electron chi connectivity index (χ4n) is 1.28. The number of carbonyl (C=O) groups is 2. The number of carboxylic acid groups (broad SMARTS) is 1. The van der Waals surface area contributed by atoms with Crippen molar-refractivity contribution in [3.63, 3.8) is 0 Å². The minimum atomic E-state index is -1.08. The lowest BCUT2D eigenvalue weighted by Crippen LogP contribution is -2.41. The van der Waals surface area contributed by atoms with E-state index >= 15 is 0 Å². The summed E-state index contributed by atoms with van der Waals surface area (Å²) in [6, 6.07) is -0.942. The van der Waals surface area contributed by atoms with E-state index in [9.17, 15) is 9.59 Å². The zero-order valence-electron chi connectivity index (χ0n) is 11.1. The Balaban J connectivity index is 4.27. The van der Waals surface area contributed by atoms with Gasteiger partial charge in [-0.05, 0) is 33.6 Å². The van der Waals surface area contributed by atoms with Crippen LogP contribution < -0.4 is 5.32 Å². The molecular weight excluding hydrogens is 250 g/mol. The Bertz CT molecular complexity index is 357. The van der Waals surface area contributed by atoms with Crippen molar-refractivity contribution in [2.75, 3.05) is 5.75 Å². The quantitative estimate of drug-likeness (QED) is 0.378. The number of aliphatic carboxylic acids is 1. The van der Waals surface area contributed by atoms with Crippen LogP contribution in [0.3, 0.4) is 0 Å². The van der Waals surface area contributed by atoms with Gasteiger partial charge >= 0.3 is 5.97 Å². The summed E-state index contributed by atoms with van der Waals surface area (Å²) in [7, 11) is 0. The fourth-order valence-corrected chi connectivity index (χ4v) is 1.53. The summed E-state index contributed by atoms with van der Waals surface area (Å²) in [6.45, 7) is 5.90. The molecule has 4 nitrogen and oxygen atoms in total. The van der Waals surface area contributed by atoms with E-state index in [1.165, 1.54) is 11.6 Å². The van der Waals surface area contributed by atoms with Gasteiger partial charge < -0.3 is 10.4 Å². The smallest absolute Gasteiger partial charge is 0.327 e. The second kappa shape index (κ2) is 8.80. The largest absolute Gasteiger partial charge is 0.480 e. The first-order chi connectivity index (χ1) is 8.36. The third kappa shape index (κ3) is 7.95. The number of amides is 1. The van der Waals surface area contributed by atoms with Crippen LogP contribution in [0.15, 0.2) is 23.3 Å². The highest BCUT2D eigenvalue weighted by Gasteiger charge is 2.16. The lowest BCUT2D eigenvalue weighted by atomic mass is 10.1. The Morgan fingerprint density at radius 3 is 2.39 bits per heavy atom. The third-order valence-corrected chi connectivity index (χ3v) is 2.63. The normalized spacial score (nSPS) is 12.8. The van der Waals surface area contributed by atoms with Gasteiger partial charge in [-0.15, -0.1) is 0 Å². The number of hydrogen-bond acceptors (Lipinski definition) is 3. The average Bonchev–Trinajstić information content (AvgIpc) is 2.24. The van der Waals surface area contributed by atoms with Gasteiger partial charge in [0.1, 0.15) is 6.04 Å². The maximum atomic E-state index is 11.5. The number of allylic oxidation sites excluding steroid dienone is 3. The van der Waals surface area contributed by atoms with E-state index in [1.54, 1.807) is 0 Å². The molecule has 0 aliphatic rings. The summed E-state index contributed by atoms with van der Waals surface area (Å²) < 4.78 is 0. The van der Waals surface area contributed by atoms with Gasteiger partial charge in [0.25, 0.3) is 0 Å². The van der Waals surface area contributed by atoms with Gasteiger partial charge in [-0.2, -0.15) is 12.6 Å². The van der Waals surface area contributed by atoms with Gasteiger partial charge in [0.05, 0.1) is 0 Å². The molecule has 0 saturated carbocycles. The first-order valence-electron chi connectivity index (χ1n) is 5.81. The maximum absolute atomic E-state index is 11.5. The molecule has 0 aromatic carbocycles. The number of hydrogen-bond donors (Lipinski definition) is 3. The standard InChI is InChI=1S/C13H21NO3S/c1-9(2)5-4-6-10(3)7-12(15)14-11(8-18)13(16)17/h5,7,11,18H,4,6,8H2,1-3H3,(H,14,15)(H,16,17)/b10-7+/t11-/m0/s1. The molecule has 5 heteroatoms. The molecule has 0 unspecified atom stereocenters. The molecule has 102 valence electrons. The summed E-state index contributed by atoms with van der Waals surface area (Å²) in [4.78, 5) is 22.2. The average molecular weight is 271 g/mol. The first kappa shape index (κ1) is 16.8. The number of carbonyl (C=O) groups excluding carboxylic acids is 1. The number of carboxylic acids is 1. The van der Waals surface area contributed by atoms with E-state index in [1.807, 2.05) is 20.8 Å². The highest BCUT2D eigenvalue weighted by Crippen LogP contribution is 2.06. The molecule has 1 atom stereocenters. The van der Waals surface area contributed by atoms with Crippen molar-refractivity contribution in [3.05, 3.63) is 23.3 Å². The zero-order valence-corrected chi connectivity index (χ0v) is 12.0. The van der Waals surface area contributed by atoms with Crippen molar-refractivity contribution < 1.29 is 14.7 Å². The van der Waals surface area contributed by atoms with Crippen molar-refractivity contribution in [3.8, 4) is 0 Å². The van der Waals surface area contributed by atoms with Gasteiger partial charge in [0.15, 0.2) is 0 Å². The van der Waals surface area contributed by atoms with Crippen LogP contribution in [0.1, 0.15) is 33.6 Å².